The van der Waals surface area contributed by atoms with Crippen molar-refractivity contribution in [1.29, 1.82) is 0 Å². The van der Waals surface area contributed by atoms with Gasteiger partial charge >= 0.3 is 0 Å². The molecule has 0 spiro atoms. The molecule has 0 aliphatic carbocycles. The minimum atomic E-state index is -4.05. The highest BCUT2D eigenvalue weighted by Crippen LogP contribution is 2.51. The molecule has 0 radical (unpaired) electrons. The molecular weight excluding hydrogens is 272 g/mol. The number of hydrogen-bond donors (Lipinski definition) is 1. The van der Waals surface area contributed by atoms with Crippen LogP contribution in [0.5, 0.6) is 0 Å². The second kappa shape index (κ2) is 8.38. The van der Waals surface area contributed by atoms with Crippen molar-refractivity contribution in [1.82, 2.24) is 0 Å². The minimum Gasteiger partial charge on any atom is -0.285 e. The molecule has 0 saturated heterocycles. The van der Waals surface area contributed by atoms with Gasteiger partial charge in [-0.1, -0.05) is 60.3 Å². The molecule has 4 heteroatoms. The molecule has 0 aromatic rings. The Morgan fingerprint density at radius 1 is 0.800 bits per heavy atom. The third-order valence-electron chi connectivity index (χ3n) is 5.46. The summed E-state index contributed by atoms with van der Waals surface area (Å²) in [6.45, 7) is 10.1. The zero-order valence-electron chi connectivity index (χ0n) is 14.0. The predicted molar refractivity (Wildman–Crippen MR) is 86.6 cm³/mol. The van der Waals surface area contributed by atoms with Crippen LogP contribution < -0.4 is 0 Å². The first kappa shape index (κ1) is 19.9. The first-order valence-electron chi connectivity index (χ1n) is 8.27. The molecule has 0 amide bonds. The maximum absolute atomic E-state index is 12.1. The average Bonchev–Trinajstić information content (AvgIpc) is 2.41. The summed E-state index contributed by atoms with van der Waals surface area (Å²) in [7, 11) is -4.05. The zero-order chi connectivity index (χ0) is 15.9. The smallest absolute Gasteiger partial charge is 0.271 e. The Morgan fingerprint density at radius 3 is 1.60 bits per heavy atom. The van der Waals surface area contributed by atoms with Gasteiger partial charge in [0.05, 0.1) is 0 Å². The maximum Gasteiger partial charge on any atom is 0.271 e. The fourth-order valence-corrected chi connectivity index (χ4v) is 5.67. The van der Waals surface area contributed by atoms with Gasteiger partial charge in [-0.15, -0.1) is 0 Å². The molecule has 0 saturated carbocycles. The van der Waals surface area contributed by atoms with E-state index in [0.717, 1.165) is 32.1 Å². The van der Waals surface area contributed by atoms with Crippen molar-refractivity contribution in [2.24, 2.45) is 5.41 Å². The van der Waals surface area contributed by atoms with Gasteiger partial charge in [-0.25, -0.2) is 0 Å². The number of rotatable bonds is 11. The molecule has 3 nitrogen and oxygen atoms in total. The third-order valence-corrected chi connectivity index (χ3v) is 7.46. The van der Waals surface area contributed by atoms with E-state index >= 15 is 0 Å². The van der Waals surface area contributed by atoms with Gasteiger partial charge in [0.2, 0.25) is 0 Å². The van der Waals surface area contributed by atoms with Crippen LogP contribution in [-0.4, -0.2) is 17.7 Å². The Bertz CT molecular complexity index is 352. The lowest BCUT2D eigenvalue weighted by molar-refractivity contribution is 0.127. The lowest BCUT2D eigenvalue weighted by Gasteiger charge is -2.48. The van der Waals surface area contributed by atoms with Crippen LogP contribution in [0.25, 0.3) is 0 Å². The maximum atomic E-state index is 12.1. The first-order valence-corrected chi connectivity index (χ1v) is 9.71. The molecule has 0 heterocycles. The van der Waals surface area contributed by atoms with E-state index in [-0.39, 0.29) is 5.41 Å². The molecule has 0 aromatic heterocycles. The van der Waals surface area contributed by atoms with Crippen LogP contribution in [0.4, 0.5) is 0 Å². The predicted octanol–water partition coefficient (Wildman–Crippen LogP) is 5.21. The van der Waals surface area contributed by atoms with Gasteiger partial charge in [0.1, 0.15) is 4.75 Å². The standard InChI is InChI=1S/C16H34O3S/c1-6-11-12-13-14-15(7-2,8-3)16(9-4,10-5)20(17,18)19/h6-14H2,1-5H3,(H,17,18,19). The summed E-state index contributed by atoms with van der Waals surface area (Å²) in [5.74, 6) is 0. The van der Waals surface area contributed by atoms with Crippen molar-refractivity contribution in [2.75, 3.05) is 0 Å². The normalized spacial score (nSPS) is 13.7. The molecule has 0 rings (SSSR count). The fourth-order valence-electron chi connectivity index (χ4n) is 4.00. The number of hydrogen-bond acceptors (Lipinski definition) is 2. The largest absolute Gasteiger partial charge is 0.285 e. The van der Waals surface area contributed by atoms with Crippen LogP contribution in [0.1, 0.15) is 92.4 Å². The van der Waals surface area contributed by atoms with Gasteiger partial charge in [-0.3, -0.25) is 4.55 Å². The van der Waals surface area contributed by atoms with Crippen molar-refractivity contribution < 1.29 is 13.0 Å². The average molecular weight is 307 g/mol. The third kappa shape index (κ3) is 3.76. The zero-order valence-corrected chi connectivity index (χ0v) is 14.9. The van der Waals surface area contributed by atoms with Crippen LogP contribution in [0, 0.1) is 5.41 Å². The van der Waals surface area contributed by atoms with Crippen LogP contribution in [-0.2, 0) is 10.1 Å². The molecule has 0 bridgehead atoms. The van der Waals surface area contributed by atoms with Crippen LogP contribution in [0.2, 0.25) is 0 Å². The van der Waals surface area contributed by atoms with E-state index in [4.69, 9.17) is 0 Å². The van der Waals surface area contributed by atoms with E-state index in [1.54, 1.807) is 0 Å². The van der Waals surface area contributed by atoms with Crippen molar-refractivity contribution in [2.45, 2.75) is 97.2 Å². The van der Waals surface area contributed by atoms with E-state index < -0.39 is 14.9 Å². The van der Waals surface area contributed by atoms with E-state index in [9.17, 15) is 13.0 Å². The van der Waals surface area contributed by atoms with Gasteiger partial charge in [-0.05, 0) is 37.5 Å². The van der Waals surface area contributed by atoms with Gasteiger partial charge in [0.25, 0.3) is 10.1 Å². The molecule has 1 N–H and O–H groups in total. The highest BCUT2D eigenvalue weighted by Gasteiger charge is 2.54. The highest BCUT2D eigenvalue weighted by atomic mass is 32.2. The van der Waals surface area contributed by atoms with Crippen molar-refractivity contribution in [3.8, 4) is 0 Å². The summed E-state index contributed by atoms with van der Waals surface area (Å²) >= 11 is 0. The van der Waals surface area contributed by atoms with Gasteiger partial charge in [-0.2, -0.15) is 8.42 Å². The van der Waals surface area contributed by atoms with Gasteiger partial charge in [0.15, 0.2) is 0 Å². The lowest BCUT2D eigenvalue weighted by Crippen LogP contribution is -2.52. The summed E-state index contributed by atoms with van der Waals surface area (Å²) < 4.78 is 33.2. The Morgan fingerprint density at radius 2 is 1.30 bits per heavy atom. The van der Waals surface area contributed by atoms with Crippen LogP contribution in [0.15, 0.2) is 0 Å². The molecule has 0 aliphatic rings. The van der Waals surface area contributed by atoms with E-state index in [1.807, 2.05) is 13.8 Å². The van der Waals surface area contributed by atoms with E-state index in [2.05, 4.69) is 20.8 Å². The topological polar surface area (TPSA) is 54.4 Å². The van der Waals surface area contributed by atoms with Gasteiger partial charge < -0.3 is 0 Å². The van der Waals surface area contributed by atoms with Crippen molar-refractivity contribution in [3.63, 3.8) is 0 Å². The van der Waals surface area contributed by atoms with E-state index in [0.29, 0.717) is 12.8 Å². The summed E-state index contributed by atoms with van der Waals surface area (Å²) in [4.78, 5) is 0. The second-order valence-corrected chi connectivity index (χ2v) is 7.71. The van der Waals surface area contributed by atoms with E-state index in [1.165, 1.54) is 12.8 Å². The first-order chi connectivity index (χ1) is 9.30. The molecule has 0 atom stereocenters. The monoisotopic (exact) mass is 306 g/mol. The Labute approximate surface area is 126 Å². The molecular formula is C16H34O3S. The van der Waals surface area contributed by atoms with Crippen LogP contribution >= 0.6 is 0 Å². The van der Waals surface area contributed by atoms with Crippen molar-refractivity contribution in [3.05, 3.63) is 0 Å². The van der Waals surface area contributed by atoms with Crippen molar-refractivity contribution >= 4 is 10.1 Å². The second-order valence-electron chi connectivity index (χ2n) is 5.97. The summed E-state index contributed by atoms with van der Waals surface area (Å²) in [6, 6.07) is 0. The SMILES string of the molecule is CCCCCCC(CC)(CC)C(CC)(CC)S(=O)(=O)O. The summed E-state index contributed by atoms with van der Waals surface area (Å²) in [5, 5.41) is 0. The summed E-state index contributed by atoms with van der Waals surface area (Å²) in [5.41, 5.74) is -0.308. The Kier molecular flexibility index (Phi) is 8.34. The molecule has 0 aromatic carbocycles. The Balaban J connectivity index is 5.48. The van der Waals surface area contributed by atoms with Crippen LogP contribution in [0.3, 0.4) is 0 Å². The Hall–Kier alpha value is -0.0900. The highest BCUT2D eigenvalue weighted by molar-refractivity contribution is 7.87. The minimum absolute atomic E-state index is 0.308. The molecule has 0 unspecified atom stereocenters. The summed E-state index contributed by atoms with van der Waals surface area (Å²) in [6.07, 6.45) is 8.03. The molecule has 0 aliphatic heterocycles. The lowest BCUT2D eigenvalue weighted by atomic mass is 9.65. The molecule has 0 fully saturated rings. The number of unbranched alkanes of at least 4 members (excludes halogenated alkanes) is 3. The fraction of sp³-hybridized carbons (Fsp3) is 1.00. The quantitative estimate of drug-likeness (QED) is 0.421. The van der Waals surface area contributed by atoms with Gasteiger partial charge in [0, 0.05) is 0 Å². The molecule has 122 valence electrons. The molecule has 20 heavy (non-hydrogen) atoms.